The van der Waals surface area contributed by atoms with Crippen LogP contribution in [0.15, 0.2) is 60.7 Å². The molecule has 4 unspecified atom stereocenters. The second-order valence-corrected chi connectivity index (χ2v) is 11.1. The monoisotopic (exact) mass is 678 g/mol. The fourth-order valence-electron chi connectivity index (χ4n) is 3.80. The third-order valence-corrected chi connectivity index (χ3v) is 6.24. The number of nitrogens with two attached hydrogens (primary N) is 1. The van der Waals surface area contributed by atoms with Crippen LogP contribution in [0.2, 0.25) is 0 Å². The number of carbonyl (C=O) groups is 4. The lowest BCUT2D eigenvalue weighted by molar-refractivity contribution is -0.0119. The van der Waals surface area contributed by atoms with Gasteiger partial charge in [0.25, 0.3) is 0 Å². The summed E-state index contributed by atoms with van der Waals surface area (Å²) in [6, 6.07) is 20.6. The Morgan fingerprint density at radius 2 is 0.958 bits per heavy atom. The van der Waals surface area contributed by atoms with E-state index in [0.29, 0.717) is 6.54 Å². The molecule has 0 aliphatic rings. The lowest BCUT2D eigenvalue weighted by atomic mass is 10.1. The summed E-state index contributed by atoms with van der Waals surface area (Å²) in [6.07, 6.45) is -4.49. The first kappa shape index (κ1) is 41.5. The van der Waals surface area contributed by atoms with Gasteiger partial charge < -0.3 is 43.6 Å². The molecule has 0 bridgehead atoms. The minimum Gasteiger partial charge on any atom is -0.438 e. The molecule has 0 radical (unpaired) electrons. The molecule has 4 atom stereocenters. The highest BCUT2D eigenvalue weighted by Gasteiger charge is 2.17. The number of hydrogen-bond donors (Lipinski definition) is 1. The van der Waals surface area contributed by atoms with E-state index in [4.69, 9.17) is 29.4 Å². The van der Waals surface area contributed by atoms with E-state index in [1.807, 2.05) is 50.2 Å². The molecule has 14 heteroatoms. The van der Waals surface area contributed by atoms with Gasteiger partial charge in [-0.3, -0.25) is 4.90 Å². The van der Waals surface area contributed by atoms with Crippen molar-refractivity contribution in [3.05, 3.63) is 71.8 Å². The van der Waals surface area contributed by atoms with Gasteiger partial charge in [-0.1, -0.05) is 74.5 Å². The van der Waals surface area contributed by atoms with Crippen LogP contribution in [0.3, 0.4) is 0 Å². The standard InChI is InChI=1S/C24H31NO6.C10H19NO6/c1-19(17-29-24(27)31-20(2)18-30-23(26)28-3)14-25(15-21-10-6-4-7-11-21)16-22-12-8-5-9-13-22;1-7(4-11)5-15-10(13)17-8(2)6-16-9(12)14-3/h4-13,19-20H,14-18H2,1-3H3;7-8H,4-6,11H2,1-3H3. The van der Waals surface area contributed by atoms with Gasteiger partial charge in [0.2, 0.25) is 0 Å². The zero-order valence-electron chi connectivity index (χ0n) is 28.7. The average Bonchev–Trinajstić information content (AvgIpc) is 3.08. The maximum Gasteiger partial charge on any atom is 0.508 e. The van der Waals surface area contributed by atoms with Crippen molar-refractivity contribution >= 4 is 24.6 Å². The first-order valence-corrected chi connectivity index (χ1v) is 15.5. The molecule has 2 aromatic carbocycles. The number of methoxy groups -OCH3 is 2. The predicted octanol–water partition coefficient (Wildman–Crippen LogP) is 5.56. The summed E-state index contributed by atoms with van der Waals surface area (Å²) in [5.41, 5.74) is 7.81. The van der Waals surface area contributed by atoms with Crippen LogP contribution in [0, 0.1) is 11.8 Å². The summed E-state index contributed by atoms with van der Waals surface area (Å²) in [6.45, 7) is 10.0. The molecule has 0 fully saturated rings. The van der Waals surface area contributed by atoms with E-state index in [0.717, 1.165) is 19.6 Å². The highest BCUT2D eigenvalue weighted by Crippen LogP contribution is 2.13. The van der Waals surface area contributed by atoms with Crippen molar-refractivity contribution < 1.29 is 57.1 Å². The van der Waals surface area contributed by atoms with Crippen LogP contribution >= 0.6 is 0 Å². The van der Waals surface area contributed by atoms with Crippen LogP contribution in [0.5, 0.6) is 0 Å². The minimum atomic E-state index is -0.828. The Labute approximate surface area is 282 Å². The van der Waals surface area contributed by atoms with E-state index in [1.165, 1.54) is 25.3 Å². The molecule has 2 aromatic rings. The summed E-state index contributed by atoms with van der Waals surface area (Å²) in [7, 11) is 2.40. The Morgan fingerprint density at radius 1 is 0.583 bits per heavy atom. The highest BCUT2D eigenvalue weighted by molar-refractivity contribution is 5.61. The van der Waals surface area contributed by atoms with E-state index in [-0.39, 0.29) is 38.3 Å². The van der Waals surface area contributed by atoms with Gasteiger partial charge >= 0.3 is 24.6 Å². The van der Waals surface area contributed by atoms with Crippen LogP contribution in [-0.4, -0.2) is 95.5 Å². The van der Waals surface area contributed by atoms with Gasteiger partial charge in [0.05, 0.1) is 27.4 Å². The molecule has 0 aliphatic heterocycles. The number of benzene rings is 2. The third-order valence-electron chi connectivity index (χ3n) is 6.24. The van der Waals surface area contributed by atoms with Crippen molar-refractivity contribution in [1.29, 1.82) is 0 Å². The second-order valence-electron chi connectivity index (χ2n) is 11.1. The quantitative estimate of drug-likeness (QED) is 0.163. The highest BCUT2D eigenvalue weighted by atomic mass is 16.8. The van der Waals surface area contributed by atoms with Gasteiger partial charge in [-0.15, -0.1) is 0 Å². The molecule has 2 N–H and O–H groups in total. The number of hydrogen-bond acceptors (Lipinski definition) is 14. The predicted molar refractivity (Wildman–Crippen MR) is 175 cm³/mol. The normalized spacial score (nSPS) is 12.9. The Balaban J connectivity index is 0.000000576. The molecule has 48 heavy (non-hydrogen) atoms. The van der Waals surface area contributed by atoms with Gasteiger partial charge in [0, 0.05) is 31.5 Å². The molecule has 0 aromatic heterocycles. The summed E-state index contributed by atoms with van der Waals surface area (Å²) >= 11 is 0. The number of ether oxygens (including phenoxy) is 8. The first-order valence-electron chi connectivity index (χ1n) is 15.5. The van der Waals surface area contributed by atoms with Crippen LogP contribution in [0.4, 0.5) is 19.2 Å². The fraction of sp³-hybridized carbons (Fsp3) is 0.529. The Morgan fingerprint density at radius 3 is 1.33 bits per heavy atom. The van der Waals surface area contributed by atoms with Crippen molar-refractivity contribution in [2.75, 3.05) is 53.7 Å². The van der Waals surface area contributed by atoms with Crippen LogP contribution in [0.1, 0.15) is 38.8 Å². The molecule has 14 nitrogen and oxygen atoms in total. The van der Waals surface area contributed by atoms with E-state index in [9.17, 15) is 19.2 Å². The summed E-state index contributed by atoms with van der Waals surface area (Å²) in [5.74, 6) is 0.172. The van der Waals surface area contributed by atoms with E-state index < -0.39 is 36.8 Å². The third kappa shape index (κ3) is 20.5. The maximum absolute atomic E-state index is 11.9. The van der Waals surface area contributed by atoms with Crippen molar-refractivity contribution in [1.82, 2.24) is 4.90 Å². The first-order chi connectivity index (χ1) is 22.9. The molecular weight excluding hydrogens is 628 g/mol. The van der Waals surface area contributed by atoms with Crippen molar-refractivity contribution in [2.45, 2.75) is 53.0 Å². The summed E-state index contributed by atoms with van der Waals surface area (Å²) < 4.78 is 37.9. The zero-order valence-corrected chi connectivity index (χ0v) is 28.7. The Hall–Kier alpha value is -4.56. The number of nitrogens with zero attached hydrogens (tertiary/aromatic N) is 1. The van der Waals surface area contributed by atoms with Gasteiger partial charge in [0.15, 0.2) is 0 Å². The Bertz CT molecular complexity index is 1140. The average molecular weight is 679 g/mol. The molecule has 0 spiro atoms. The van der Waals surface area contributed by atoms with Crippen molar-refractivity contribution in [2.24, 2.45) is 17.6 Å². The fourth-order valence-corrected chi connectivity index (χ4v) is 3.80. The van der Waals surface area contributed by atoms with E-state index >= 15 is 0 Å². The van der Waals surface area contributed by atoms with Gasteiger partial charge in [0.1, 0.15) is 25.4 Å². The molecule has 0 heterocycles. The molecule has 2 rings (SSSR count). The van der Waals surface area contributed by atoms with Gasteiger partial charge in [-0.2, -0.15) is 0 Å². The molecule has 0 saturated carbocycles. The molecule has 268 valence electrons. The molecule has 0 saturated heterocycles. The van der Waals surface area contributed by atoms with Crippen molar-refractivity contribution in [3.8, 4) is 0 Å². The SMILES string of the molecule is COC(=O)OCC(C)OC(=O)OCC(C)CN.COC(=O)OCC(C)OC(=O)OCC(C)CN(Cc1ccccc1)Cc1ccccc1. The largest absolute Gasteiger partial charge is 0.508 e. The van der Waals surface area contributed by atoms with Gasteiger partial charge in [-0.05, 0) is 31.5 Å². The van der Waals surface area contributed by atoms with Gasteiger partial charge in [-0.25, -0.2) is 19.2 Å². The lowest BCUT2D eigenvalue weighted by Crippen LogP contribution is -2.31. The molecular formula is C34H50N2O12. The number of carbonyl (C=O) groups excluding carboxylic acids is 4. The molecule has 0 aliphatic carbocycles. The number of rotatable bonds is 17. The topological polar surface area (TPSA) is 171 Å². The van der Waals surface area contributed by atoms with E-state index in [1.54, 1.807) is 13.8 Å². The zero-order chi connectivity index (χ0) is 35.7. The van der Waals surface area contributed by atoms with Crippen LogP contribution in [0.25, 0.3) is 0 Å². The Kier molecular flexibility index (Phi) is 21.2. The second kappa shape index (κ2) is 24.6. The molecule has 0 amide bonds. The lowest BCUT2D eigenvalue weighted by Gasteiger charge is -2.26. The summed E-state index contributed by atoms with van der Waals surface area (Å²) in [4.78, 5) is 47.0. The maximum atomic E-state index is 11.9. The smallest absolute Gasteiger partial charge is 0.438 e. The minimum absolute atomic E-state index is 0.0733. The van der Waals surface area contributed by atoms with Crippen LogP contribution < -0.4 is 5.73 Å². The van der Waals surface area contributed by atoms with E-state index in [2.05, 4.69) is 43.4 Å². The van der Waals surface area contributed by atoms with Crippen LogP contribution in [-0.2, 0) is 51.0 Å². The summed E-state index contributed by atoms with van der Waals surface area (Å²) in [5, 5.41) is 0. The van der Waals surface area contributed by atoms with Crippen molar-refractivity contribution in [3.63, 3.8) is 0 Å².